The van der Waals surface area contributed by atoms with E-state index in [1.165, 1.54) is 0 Å². The maximum absolute atomic E-state index is 3.59. The highest BCUT2D eigenvalue weighted by Gasteiger charge is 1.80. The quantitative estimate of drug-likeness (QED) is 0.531. The molecule has 1 aromatic rings. The maximum atomic E-state index is 3.59. The van der Waals surface area contributed by atoms with Gasteiger partial charge in [-0.15, -0.1) is 5.10 Å². The van der Waals surface area contributed by atoms with Crippen molar-refractivity contribution in [1.29, 1.82) is 0 Å². The Balaban J connectivity index is 0.000000490. The minimum absolute atomic E-state index is 0. The molecule has 0 aromatic carbocycles. The summed E-state index contributed by atoms with van der Waals surface area (Å²) in [5.41, 5.74) is 0. The van der Waals surface area contributed by atoms with Crippen molar-refractivity contribution in [3.05, 3.63) is 6.33 Å². The Morgan fingerprint density at radius 2 is 2.38 bits per heavy atom. The van der Waals surface area contributed by atoms with Crippen LogP contribution in [0.1, 0.15) is 6.92 Å². The van der Waals surface area contributed by atoms with Crippen LogP contribution in [0.4, 0.5) is 0 Å². The Labute approximate surface area is 54.3 Å². The average molecular weight is 132 g/mol. The van der Waals surface area contributed by atoms with Crippen molar-refractivity contribution in [2.24, 2.45) is 0 Å². The van der Waals surface area contributed by atoms with Gasteiger partial charge in [0, 0.05) is 6.54 Å². The van der Waals surface area contributed by atoms with Crippen LogP contribution in [0.25, 0.3) is 0 Å². The van der Waals surface area contributed by atoms with Crippen LogP contribution in [-0.4, -0.2) is 20.2 Å². The zero-order valence-corrected chi connectivity index (χ0v) is 5.57. The van der Waals surface area contributed by atoms with Crippen molar-refractivity contribution in [3.63, 3.8) is 0 Å². The first-order chi connectivity index (χ1) is 3.43. The van der Waals surface area contributed by atoms with Crippen molar-refractivity contribution in [2.75, 3.05) is 0 Å². The molecule has 0 bridgehead atoms. The monoisotopic (exact) mass is 132 g/mol. The summed E-state index contributed by atoms with van der Waals surface area (Å²) in [6.07, 6.45) is 1.58. The maximum Gasteiger partial charge on any atom is 0.138 e. The molecule has 0 aliphatic carbocycles. The second kappa shape index (κ2) is 3.43. The Morgan fingerprint density at radius 3 is 2.62 bits per heavy atom. The predicted octanol–water partition coefficient (Wildman–Crippen LogP) is -0.194. The first-order valence-corrected chi connectivity index (χ1v) is 2.14. The molecule has 0 atom stereocenters. The van der Waals surface area contributed by atoms with Crippen LogP contribution in [0.2, 0.25) is 0 Å². The molecule has 0 radical (unpaired) electrons. The van der Waals surface area contributed by atoms with Crippen LogP contribution in [0.5, 0.6) is 0 Å². The van der Waals surface area contributed by atoms with Crippen LogP contribution >= 0.6 is 13.5 Å². The third-order valence-electron chi connectivity index (χ3n) is 0.715. The van der Waals surface area contributed by atoms with Gasteiger partial charge in [0.15, 0.2) is 0 Å². The van der Waals surface area contributed by atoms with Crippen molar-refractivity contribution in [1.82, 2.24) is 20.2 Å². The van der Waals surface area contributed by atoms with Crippen LogP contribution in [-0.2, 0) is 6.54 Å². The first-order valence-electron chi connectivity index (χ1n) is 2.14. The molecule has 0 spiro atoms. The molecule has 0 aliphatic heterocycles. The van der Waals surface area contributed by atoms with Crippen molar-refractivity contribution in [2.45, 2.75) is 13.5 Å². The number of nitrogens with zero attached hydrogens (tertiary/aromatic N) is 4. The lowest BCUT2D eigenvalue weighted by Gasteiger charge is -1.83. The molecular formula is C3H8N4S. The number of aryl methyl sites for hydroxylation is 1. The topological polar surface area (TPSA) is 43.6 Å². The Hall–Kier alpha value is -0.580. The fourth-order valence-corrected chi connectivity index (χ4v) is 0.325. The third kappa shape index (κ3) is 1.49. The molecule has 0 unspecified atom stereocenters. The Bertz CT molecular complexity index is 126. The van der Waals surface area contributed by atoms with Crippen molar-refractivity contribution >= 4 is 13.5 Å². The second-order valence-corrected chi connectivity index (χ2v) is 1.17. The van der Waals surface area contributed by atoms with E-state index in [2.05, 4.69) is 15.5 Å². The lowest BCUT2D eigenvalue weighted by molar-refractivity contribution is 0.626. The smallest absolute Gasteiger partial charge is 0.138 e. The summed E-state index contributed by atoms with van der Waals surface area (Å²) in [6.45, 7) is 2.82. The third-order valence-corrected chi connectivity index (χ3v) is 0.715. The molecule has 0 amide bonds. The molecule has 4 nitrogen and oxygen atoms in total. The standard InChI is InChI=1S/C3H6N4.H2S/c1-2-7-3-4-5-6-7;/h3H,2H2,1H3;1H2. The van der Waals surface area contributed by atoms with E-state index < -0.39 is 0 Å². The van der Waals surface area contributed by atoms with E-state index in [0.29, 0.717) is 0 Å². The zero-order valence-electron chi connectivity index (χ0n) is 4.57. The van der Waals surface area contributed by atoms with Crippen LogP contribution in [0, 0.1) is 0 Å². The molecule has 0 aliphatic rings. The van der Waals surface area contributed by atoms with Gasteiger partial charge in [-0.3, -0.25) is 0 Å². The number of hydrogen-bond acceptors (Lipinski definition) is 3. The van der Waals surface area contributed by atoms with Gasteiger partial charge in [0.2, 0.25) is 0 Å². The molecule has 46 valence electrons. The molecule has 8 heavy (non-hydrogen) atoms. The molecule has 1 rings (SSSR count). The Kier molecular flexibility index (Phi) is 3.18. The van der Waals surface area contributed by atoms with Gasteiger partial charge in [-0.1, -0.05) is 0 Å². The normalized spacial score (nSPS) is 8.12. The molecule has 0 saturated heterocycles. The minimum atomic E-state index is 0. The molecule has 1 heterocycles. The van der Waals surface area contributed by atoms with E-state index in [1.807, 2.05) is 6.92 Å². The molecule has 5 heteroatoms. The van der Waals surface area contributed by atoms with E-state index >= 15 is 0 Å². The zero-order chi connectivity index (χ0) is 5.11. The lowest BCUT2D eigenvalue weighted by Crippen LogP contribution is -1.93. The molecule has 0 fully saturated rings. The molecular weight excluding hydrogens is 124 g/mol. The number of rotatable bonds is 1. The summed E-state index contributed by atoms with van der Waals surface area (Å²) in [7, 11) is 0. The van der Waals surface area contributed by atoms with E-state index in [1.54, 1.807) is 11.0 Å². The summed E-state index contributed by atoms with van der Waals surface area (Å²) in [4.78, 5) is 0. The molecule has 0 saturated carbocycles. The fourth-order valence-electron chi connectivity index (χ4n) is 0.325. The van der Waals surface area contributed by atoms with Crippen LogP contribution in [0.15, 0.2) is 6.33 Å². The predicted molar refractivity (Wildman–Crippen MR) is 33.9 cm³/mol. The largest absolute Gasteiger partial charge is 0.233 e. The average Bonchev–Trinajstić information content (AvgIpc) is 2.14. The summed E-state index contributed by atoms with van der Waals surface area (Å²) in [5.74, 6) is 0. The summed E-state index contributed by atoms with van der Waals surface area (Å²) in [6, 6.07) is 0. The highest BCUT2D eigenvalue weighted by Crippen LogP contribution is 1.70. The van der Waals surface area contributed by atoms with Gasteiger partial charge < -0.3 is 0 Å². The van der Waals surface area contributed by atoms with E-state index in [0.717, 1.165) is 6.54 Å². The highest BCUT2D eigenvalue weighted by atomic mass is 32.1. The van der Waals surface area contributed by atoms with Crippen LogP contribution < -0.4 is 0 Å². The minimum Gasteiger partial charge on any atom is -0.233 e. The van der Waals surface area contributed by atoms with Gasteiger partial charge in [-0.05, 0) is 17.4 Å². The Morgan fingerprint density at radius 1 is 1.62 bits per heavy atom. The lowest BCUT2D eigenvalue weighted by atomic mass is 10.8. The first kappa shape index (κ1) is 7.42. The fraction of sp³-hybridized carbons (Fsp3) is 0.667. The van der Waals surface area contributed by atoms with Gasteiger partial charge in [0.1, 0.15) is 6.33 Å². The second-order valence-electron chi connectivity index (χ2n) is 1.17. The number of aromatic nitrogens is 4. The molecule has 1 aromatic heterocycles. The summed E-state index contributed by atoms with van der Waals surface area (Å²) in [5, 5.41) is 10.4. The van der Waals surface area contributed by atoms with Gasteiger partial charge >= 0.3 is 0 Å². The SMILES string of the molecule is CCn1cnnn1.S. The van der Waals surface area contributed by atoms with Gasteiger partial charge in [-0.25, -0.2) is 4.68 Å². The number of hydrogen-bond donors (Lipinski definition) is 0. The van der Waals surface area contributed by atoms with Crippen molar-refractivity contribution < 1.29 is 0 Å². The van der Waals surface area contributed by atoms with E-state index in [9.17, 15) is 0 Å². The number of tetrazole rings is 1. The van der Waals surface area contributed by atoms with Crippen molar-refractivity contribution in [3.8, 4) is 0 Å². The van der Waals surface area contributed by atoms with E-state index in [-0.39, 0.29) is 13.5 Å². The highest BCUT2D eigenvalue weighted by molar-refractivity contribution is 7.59. The van der Waals surface area contributed by atoms with Gasteiger partial charge in [0.25, 0.3) is 0 Å². The van der Waals surface area contributed by atoms with Crippen LogP contribution in [0.3, 0.4) is 0 Å². The summed E-state index contributed by atoms with van der Waals surface area (Å²) >= 11 is 0. The van der Waals surface area contributed by atoms with Gasteiger partial charge in [0.05, 0.1) is 0 Å². The van der Waals surface area contributed by atoms with Gasteiger partial charge in [-0.2, -0.15) is 13.5 Å². The molecule has 0 N–H and O–H groups in total. The van der Waals surface area contributed by atoms with E-state index in [4.69, 9.17) is 0 Å². The summed E-state index contributed by atoms with van der Waals surface area (Å²) < 4.78 is 1.65.